The van der Waals surface area contributed by atoms with E-state index in [9.17, 15) is 0 Å². The van der Waals surface area contributed by atoms with Gasteiger partial charge < -0.3 is 14.3 Å². The molecule has 0 aromatic carbocycles. The minimum atomic E-state index is 0.270. The molecule has 1 atom stereocenters. The van der Waals surface area contributed by atoms with Crippen LogP contribution in [0.2, 0.25) is 0 Å². The van der Waals surface area contributed by atoms with Gasteiger partial charge in [0.2, 0.25) is 0 Å². The highest BCUT2D eigenvalue weighted by Gasteiger charge is 2.15. The zero-order chi connectivity index (χ0) is 12.8. The lowest BCUT2D eigenvalue weighted by molar-refractivity contribution is 0.503. The molecule has 0 aliphatic rings. The van der Waals surface area contributed by atoms with Crippen LogP contribution in [0.1, 0.15) is 37.7 Å². The van der Waals surface area contributed by atoms with E-state index in [2.05, 4.69) is 34.9 Å². The van der Waals surface area contributed by atoms with Gasteiger partial charge in [0.05, 0.1) is 12.5 Å². The van der Waals surface area contributed by atoms with Crippen molar-refractivity contribution in [3.8, 4) is 0 Å². The fraction of sp³-hybridized carbons (Fsp3) is 0.500. The van der Waals surface area contributed by atoms with Crippen LogP contribution in [0.4, 0.5) is 0 Å². The van der Waals surface area contributed by atoms with Crippen LogP contribution in [0.25, 0.3) is 0 Å². The molecule has 0 fully saturated rings. The summed E-state index contributed by atoms with van der Waals surface area (Å²) in [6.45, 7) is 6.26. The molecule has 2 aromatic rings. The van der Waals surface area contributed by atoms with Gasteiger partial charge in [-0.25, -0.2) is 4.98 Å². The summed E-state index contributed by atoms with van der Waals surface area (Å²) in [7, 11) is 0. The highest BCUT2D eigenvalue weighted by atomic mass is 16.3. The van der Waals surface area contributed by atoms with Gasteiger partial charge in [-0.15, -0.1) is 0 Å². The number of hydrogen-bond acceptors (Lipinski definition) is 3. The third kappa shape index (κ3) is 3.01. The molecule has 0 saturated heterocycles. The zero-order valence-electron chi connectivity index (χ0n) is 11.1. The second-order valence-corrected chi connectivity index (χ2v) is 4.41. The summed E-state index contributed by atoms with van der Waals surface area (Å²) in [4.78, 5) is 4.46. The fourth-order valence-corrected chi connectivity index (χ4v) is 2.18. The van der Waals surface area contributed by atoms with Crippen molar-refractivity contribution in [2.24, 2.45) is 0 Å². The second-order valence-electron chi connectivity index (χ2n) is 4.41. The fourth-order valence-electron chi connectivity index (χ4n) is 2.18. The molecule has 4 nitrogen and oxygen atoms in total. The Balaban J connectivity index is 2.11. The van der Waals surface area contributed by atoms with Crippen molar-refractivity contribution < 1.29 is 4.42 Å². The average Bonchev–Trinajstić information content (AvgIpc) is 3.01. The molecule has 0 aliphatic carbocycles. The number of likely N-dealkylation sites (N-methyl/N-ethyl adjacent to an activating group) is 1. The summed E-state index contributed by atoms with van der Waals surface area (Å²) in [5.41, 5.74) is 1.18. The first-order chi connectivity index (χ1) is 8.85. The molecule has 18 heavy (non-hydrogen) atoms. The molecule has 1 unspecified atom stereocenters. The summed E-state index contributed by atoms with van der Waals surface area (Å²) >= 11 is 0. The van der Waals surface area contributed by atoms with Crippen LogP contribution in [0.15, 0.2) is 35.4 Å². The van der Waals surface area contributed by atoms with Crippen LogP contribution in [-0.4, -0.2) is 16.1 Å². The Kier molecular flexibility index (Phi) is 4.59. The number of aromatic nitrogens is 2. The van der Waals surface area contributed by atoms with Crippen molar-refractivity contribution >= 4 is 0 Å². The van der Waals surface area contributed by atoms with Crippen LogP contribution in [-0.2, 0) is 13.0 Å². The predicted molar refractivity (Wildman–Crippen MR) is 71.3 cm³/mol. The maximum atomic E-state index is 5.17. The first-order valence-corrected chi connectivity index (χ1v) is 6.60. The molecular formula is C14H21N3O. The molecule has 0 spiro atoms. The Morgan fingerprint density at radius 2 is 2.33 bits per heavy atom. The summed E-state index contributed by atoms with van der Waals surface area (Å²) in [5.74, 6) is 1.13. The topological polar surface area (TPSA) is 43.0 Å². The van der Waals surface area contributed by atoms with Gasteiger partial charge in [0.25, 0.3) is 0 Å². The predicted octanol–water partition coefficient (Wildman–Crippen LogP) is 2.78. The van der Waals surface area contributed by atoms with E-state index in [1.165, 1.54) is 5.56 Å². The number of nitrogens with zero attached hydrogens (tertiary/aromatic N) is 2. The van der Waals surface area contributed by atoms with E-state index >= 15 is 0 Å². The molecule has 2 rings (SSSR count). The quantitative estimate of drug-likeness (QED) is 0.818. The molecule has 0 amide bonds. The Labute approximate surface area is 108 Å². The first-order valence-electron chi connectivity index (χ1n) is 6.60. The molecule has 0 aliphatic heterocycles. The summed E-state index contributed by atoms with van der Waals surface area (Å²) in [6.07, 6.45) is 9.47. The highest BCUT2D eigenvalue weighted by molar-refractivity contribution is 5.14. The van der Waals surface area contributed by atoms with Crippen LogP contribution < -0.4 is 5.32 Å². The monoisotopic (exact) mass is 247 g/mol. The molecule has 2 heterocycles. The van der Waals surface area contributed by atoms with Gasteiger partial charge in [0.15, 0.2) is 0 Å². The molecule has 4 heteroatoms. The number of aryl methyl sites for hydroxylation is 1. The third-order valence-electron chi connectivity index (χ3n) is 3.05. The van der Waals surface area contributed by atoms with Crippen molar-refractivity contribution in [3.05, 3.63) is 42.4 Å². The third-order valence-corrected chi connectivity index (χ3v) is 3.05. The van der Waals surface area contributed by atoms with Gasteiger partial charge in [0.1, 0.15) is 5.82 Å². The Hall–Kier alpha value is -1.55. The Morgan fingerprint density at radius 3 is 3.00 bits per heavy atom. The largest absolute Gasteiger partial charge is 0.472 e. The second kappa shape index (κ2) is 6.40. The summed E-state index contributed by atoms with van der Waals surface area (Å²) < 4.78 is 7.40. The van der Waals surface area contributed by atoms with E-state index in [-0.39, 0.29) is 6.04 Å². The van der Waals surface area contributed by atoms with Crippen LogP contribution >= 0.6 is 0 Å². The van der Waals surface area contributed by atoms with Crippen molar-refractivity contribution in [1.82, 2.24) is 14.9 Å². The Bertz CT molecular complexity index is 447. The summed E-state index contributed by atoms with van der Waals surface area (Å²) in [6, 6.07) is 2.28. The van der Waals surface area contributed by atoms with Crippen molar-refractivity contribution in [2.75, 3.05) is 6.54 Å². The smallest absolute Gasteiger partial charge is 0.110 e. The molecule has 1 N–H and O–H groups in total. The number of furan rings is 1. The molecule has 0 radical (unpaired) electrons. The minimum absolute atomic E-state index is 0.270. The SMILES string of the molecule is CCCn1ccnc1CC(NCC)c1ccoc1. The standard InChI is InChI=1S/C14H21N3O/c1-3-7-17-8-6-16-14(17)10-13(15-4-2)12-5-9-18-11-12/h5-6,8-9,11,13,15H,3-4,7,10H2,1-2H3. The van der Waals surface area contributed by atoms with Gasteiger partial charge in [-0.05, 0) is 19.0 Å². The van der Waals surface area contributed by atoms with E-state index in [0.29, 0.717) is 0 Å². The molecule has 0 saturated carbocycles. The van der Waals surface area contributed by atoms with E-state index in [0.717, 1.165) is 31.8 Å². The van der Waals surface area contributed by atoms with Gasteiger partial charge in [-0.3, -0.25) is 0 Å². The minimum Gasteiger partial charge on any atom is -0.472 e. The lowest BCUT2D eigenvalue weighted by atomic mass is 10.1. The van der Waals surface area contributed by atoms with Crippen molar-refractivity contribution in [1.29, 1.82) is 0 Å². The van der Waals surface area contributed by atoms with E-state index in [4.69, 9.17) is 4.42 Å². The maximum Gasteiger partial charge on any atom is 0.110 e. The van der Waals surface area contributed by atoms with Gasteiger partial charge in [-0.1, -0.05) is 13.8 Å². The van der Waals surface area contributed by atoms with Crippen LogP contribution in [0, 0.1) is 0 Å². The first kappa shape index (κ1) is 12.9. The van der Waals surface area contributed by atoms with E-state index in [1.807, 2.05) is 12.3 Å². The normalized spacial score (nSPS) is 12.8. The summed E-state index contributed by atoms with van der Waals surface area (Å²) in [5, 5.41) is 3.48. The average molecular weight is 247 g/mol. The van der Waals surface area contributed by atoms with Crippen LogP contribution in [0.5, 0.6) is 0 Å². The van der Waals surface area contributed by atoms with Crippen molar-refractivity contribution in [3.63, 3.8) is 0 Å². The molecule has 2 aromatic heterocycles. The number of imidazole rings is 1. The Morgan fingerprint density at radius 1 is 1.44 bits per heavy atom. The van der Waals surface area contributed by atoms with E-state index < -0.39 is 0 Å². The number of nitrogens with one attached hydrogen (secondary N) is 1. The van der Waals surface area contributed by atoms with Gasteiger partial charge >= 0.3 is 0 Å². The maximum absolute atomic E-state index is 5.17. The van der Waals surface area contributed by atoms with Crippen molar-refractivity contribution in [2.45, 2.75) is 39.3 Å². The molecular weight excluding hydrogens is 226 g/mol. The molecule has 0 bridgehead atoms. The number of rotatable bonds is 7. The van der Waals surface area contributed by atoms with Crippen LogP contribution in [0.3, 0.4) is 0 Å². The lowest BCUT2D eigenvalue weighted by Gasteiger charge is -2.16. The number of hydrogen-bond donors (Lipinski definition) is 1. The zero-order valence-corrected chi connectivity index (χ0v) is 11.1. The van der Waals surface area contributed by atoms with Gasteiger partial charge in [-0.2, -0.15) is 0 Å². The molecule has 98 valence electrons. The lowest BCUT2D eigenvalue weighted by Crippen LogP contribution is -2.24. The van der Waals surface area contributed by atoms with Gasteiger partial charge in [0, 0.05) is 37.0 Å². The van der Waals surface area contributed by atoms with E-state index in [1.54, 1.807) is 12.5 Å². The highest BCUT2D eigenvalue weighted by Crippen LogP contribution is 2.18.